The number of hydrogen-bond donors (Lipinski definition) is 1. The van der Waals surface area contributed by atoms with Gasteiger partial charge in [-0.2, -0.15) is 0 Å². The van der Waals surface area contributed by atoms with Crippen LogP contribution < -0.4 is 15.6 Å². The smallest absolute Gasteiger partial charge is 0.262 e. The summed E-state index contributed by atoms with van der Waals surface area (Å²) in [5.41, 5.74) is 2.26. The van der Waals surface area contributed by atoms with Crippen molar-refractivity contribution in [2.75, 3.05) is 31.6 Å². The van der Waals surface area contributed by atoms with Crippen molar-refractivity contribution in [2.45, 2.75) is 18.9 Å². The molecule has 7 nitrogen and oxygen atoms in total. The number of nitrogens with zero attached hydrogens (tertiary/aromatic N) is 2. The van der Waals surface area contributed by atoms with Crippen molar-refractivity contribution >= 4 is 17.4 Å². The van der Waals surface area contributed by atoms with Crippen LogP contribution in [0.4, 0.5) is 5.69 Å². The summed E-state index contributed by atoms with van der Waals surface area (Å²) in [7, 11) is 0. The van der Waals surface area contributed by atoms with Crippen LogP contribution in [0.1, 0.15) is 28.4 Å². The molecule has 5 rings (SSSR count). The van der Waals surface area contributed by atoms with Crippen molar-refractivity contribution in [1.82, 2.24) is 9.47 Å². The molecule has 28 heavy (non-hydrogen) atoms. The minimum Gasteiger partial charge on any atom is -0.482 e. The number of hydrogen-bond acceptors (Lipinski definition) is 5. The lowest BCUT2D eigenvalue weighted by atomic mass is 9.83. The highest BCUT2D eigenvalue weighted by atomic mass is 16.5. The summed E-state index contributed by atoms with van der Waals surface area (Å²) in [4.78, 5) is 38.7. The maximum absolute atomic E-state index is 12.8. The molecular weight excluding hydrogens is 358 g/mol. The molecule has 0 saturated carbocycles. The highest BCUT2D eigenvalue weighted by Gasteiger charge is 2.35. The Kier molecular flexibility index (Phi) is 4.05. The van der Waals surface area contributed by atoms with Gasteiger partial charge in [-0.15, -0.1) is 0 Å². The van der Waals surface area contributed by atoms with Crippen molar-refractivity contribution in [3.63, 3.8) is 0 Å². The summed E-state index contributed by atoms with van der Waals surface area (Å²) in [6, 6.07) is 10.6. The lowest BCUT2D eigenvalue weighted by Gasteiger charge is -2.42. The zero-order valence-electron chi connectivity index (χ0n) is 15.4. The van der Waals surface area contributed by atoms with Gasteiger partial charge in [0.05, 0.1) is 12.2 Å². The average molecular weight is 379 g/mol. The molecule has 4 heterocycles. The number of rotatable bonds is 3. The van der Waals surface area contributed by atoms with Crippen molar-refractivity contribution in [3.05, 3.63) is 58.0 Å². The van der Waals surface area contributed by atoms with E-state index in [0.29, 0.717) is 29.5 Å². The summed E-state index contributed by atoms with van der Waals surface area (Å²) in [5.74, 6) is 1.06. The maximum atomic E-state index is 12.8. The summed E-state index contributed by atoms with van der Waals surface area (Å²) >= 11 is 0. The number of carbonyl (C=O) groups excluding carboxylic acids is 2. The molecule has 1 amide bonds. The second-order valence-corrected chi connectivity index (χ2v) is 7.86. The summed E-state index contributed by atoms with van der Waals surface area (Å²) in [6.07, 6.45) is 1.07. The van der Waals surface area contributed by atoms with Crippen molar-refractivity contribution in [3.8, 4) is 5.75 Å². The number of benzene rings is 1. The molecule has 0 radical (unpaired) electrons. The van der Waals surface area contributed by atoms with Gasteiger partial charge in [0, 0.05) is 42.9 Å². The molecule has 0 unspecified atom stereocenters. The first-order valence-corrected chi connectivity index (χ1v) is 9.59. The van der Waals surface area contributed by atoms with E-state index in [0.717, 1.165) is 31.7 Å². The van der Waals surface area contributed by atoms with Crippen LogP contribution in [0.15, 0.2) is 41.2 Å². The van der Waals surface area contributed by atoms with Gasteiger partial charge in [-0.1, -0.05) is 6.07 Å². The number of amides is 1. The largest absolute Gasteiger partial charge is 0.482 e. The Balaban J connectivity index is 1.32. The number of nitrogens with one attached hydrogen (secondary N) is 1. The fraction of sp³-hybridized carbons (Fsp3) is 0.381. The van der Waals surface area contributed by atoms with Gasteiger partial charge < -0.3 is 14.6 Å². The second kappa shape index (κ2) is 6.60. The monoisotopic (exact) mass is 379 g/mol. The van der Waals surface area contributed by atoms with Crippen LogP contribution in [-0.2, 0) is 11.3 Å². The minimum atomic E-state index is -0.213. The quantitative estimate of drug-likeness (QED) is 0.817. The molecule has 2 bridgehead atoms. The summed E-state index contributed by atoms with van der Waals surface area (Å²) in [6.45, 7) is 2.64. The molecule has 1 aromatic heterocycles. The molecule has 3 aliphatic rings. The molecule has 1 fully saturated rings. The fourth-order valence-electron chi connectivity index (χ4n) is 4.68. The third kappa shape index (κ3) is 3.01. The van der Waals surface area contributed by atoms with E-state index < -0.39 is 0 Å². The predicted molar refractivity (Wildman–Crippen MR) is 103 cm³/mol. The van der Waals surface area contributed by atoms with Crippen LogP contribution in [0.2, 0.25) is 0 Å². The number of piperidine rings is 1. The van der Waals surface area contributed by atoms with Gasteiger partial charge in [-0.05, 0) is 36.6 Å². The van der Waals surface area contributed by atoms with Gasteiger partial charge in [0.25, 0.3) is 11.5 Å². The number of aromatic nitrogens is 1. The summed E-state index contributed by atoms with van der Waals surface area (Å²) in [5, 5.41) is 2.75. The molecule has 144 valence electrons. The van der Waals surface area contributed by atoms with Crippen LogP contribution in [-0.4, -0.2) is 47.4 Å². The zero-order valence-corrected chi connectivity index (χ0v) is 15.4. The minimum absolute atomic E-state index is 0.00140. The highest BCUT2D eigenvalue weighted by molar-refractivity contribution is 6.01. The Labute approximate surface area is 161 Å². The average Bonchev–Trinajstić information content (AvgIpc) is 2.68. The number of pyridine rings is 1. The number of anilines is 1. The third-order valence-corrected chi connectivity index (χ3v) is 5.86. The van der Waals surface area contributed by atoms with Crippen molar-refractivity contribution in [2.24, 2.45) is 5.92 Å². The highest BCUT2D eigenvalue weighted by Crippen LogP contribution is 2.35. The molecule has 1 saturated heterocycles. The van der Waals surface area contributed by atoms with Crippen LogP contribution in [0.3, 0.4) is 0 Å². The molecule has 7 heteroatoms. The fourth-order valence-corrected chi connectivity index (χ4v) is 4.68. The molecule has 0 spiro atoms. The SMILES string of the molecule is O=C1COc2ccc(C(=O)CN3C[C@H]4C[C@@H](C3)c3cccc(=O)n3C4)cc2N1. The Hall–Kier alpha value is -2.93. The number of ether oxygens (including phenoxy) is 1. The Morgan fingerprint density at radius 3 is 2.93 bits per heavy atom. The van der Waals surface area contributed by atoms with Crippen LogP contribution in [0.5, 0.6) is 5.75 Å². The topological polar surface area (TPSA) is 80.6 Å². The van der Waals surface area contributed by atoms with E-state index in [4.69, 9.17) is 4.74 Å². The number of ketones is 1. The van der Waals surface area contributed by atoms with Gasteiger partial charge in [0.2, 0.25) is 0 Å². The first-order valence-electron chi connectivity index (χ1n) is 9.59. The first-order chi connectivity index (χ1) is 13.6. The molecule has 1 aromatic carbocycles. The van der Waals surface area contributed by atoms with E-state index in [2.05, 4.69) is 10.2 Å². The lowest BCUT2D eigenvalue weighted by molar-refractivity contribution is -0.118. The Morgan fingerprint density at radius 1 is 1.14 bits per heavy atom. The summed E-state index contributed by atoms with van der Waals surface area (Å²) < 4.78 is 7.25. The van der Waals surface area contributed by atoms with Gasteiger partial charge in [0.1, 0.15) is 5.75 Å². The van der Waals surface area contributed by atoms with E-state index >= 15 is 0 Å². The molecule has 0 aliphatic carbocycles. The van der Waals surface area contributed by atoms with E-state index in [1.54, 1.807) is 24.3 Å². The van der Waals surface area contributed by atoms with E-state index in [9.17, 15) is 14.4 Å². The van der Waals surface area contributed by atoms with Gasteiger partial charge in [0.15, 0.2) is 12.4 Å². The van der Waals surface area contributed by atoms with Gasteiger partial charge >= 0.3 is 0 Å². The van der Waals surface area contributed by atoms with Gasteiger partial charge in [-0.25, -0.2) is 0 Å². The zero-order chi connectivity index (χ0) is 19.3. The first kappa shape index (κ1) is 17.2. The van der Waals surface area contributed by atoms with Crippen LogP contribution in [0, 0.1) is 5.92 Å². The van der Waals surface area contributed by atoms with Crippen molar-refractivity contribution < 1.29 is 14.3 Å². The van der Waals surface area contributed by atoms with Gasteiger partial charge in [-0.3, -0.25) is 19.3 Å². The van der Waals surface area contributed by atoms with Crippen LogP contribution >= 0.6 is 0 Å². The Morgan fingerprint density at radius 2 is 2.04 bits per heavy atom. The number of carbonyl (C=O) groups is 2. The number of Topliss-reactive ketones (excluding diaryl/α,β-unsaturated/α-hetero) is 1. The van der Waals surface area contributed by atoms with E-state index in [1.807, 2.05) is 16.7 Å². The number of fused-ring (bicyclic) bond motifs is 5. The van der Waals surface area contributed by atoms with Crippen molar-refractivity contribution in [1.29, 1.82) is 0 Å². The molecule has 2 aromatic rings. The molecule has 3 aliphatic heterocycles. The third-order valence-electron chi connectivity index (χ3n) is 5.86. The second-order valence-electron chi connectivity index (χ2n) is 7.86. The maximum Gasteiger partial charge on any atom is 0.262 e. The molecule has 2 atom stereocenters. The van der Waals surface area contributed by atoms with E-state index in [-0.39, 0.29) is 29.8 Å². The standard InChI is InChI=1S/C21H21N3O4/c25-18(14-4-5-19-16(7-14)22-20(26)12-28-19)11-23-8-13-6-15(10-23)17-2-1-3-21(27)24(17)9-13/h1-5,7,13,15H,6,8-12H2,(H,22,26)/t13-,15+/m1/s1. The molecular formula is C21H21N3O4. The lowest BCUT2D eigenvalue weighted by Crippen LogP contribution is -2.48. The van der Waals surface area contributed by atoms with E-state index in [1.165, 1.54) is 0 Å². The number of likely N-dealkylation sites (tertiary alicyclic amines) is 1. The normalized spacial score (nSPS) is 23.2. The predicted octanol–water partition coefficient (Wildman–Crippen LogP) is 1.48. The Bertz CT molecular complexity index is 1030. The molecule has 1 N–H and O–H groups in total. The van der Waals surface area contributed by atoms with Crippen LogP contribution in [0.25, 0.3) is 0 Å².